The maximum Gasteiger partial charge on any atom is 0.271 e. The number of carbonyl (C=O) groups excluding carboxylic acids is 1. The minimum atomic E-state index is -3.51. The number of nitrogens with zero attached hydrogens (tertiary/aromatic N) is 2. The standard InChI is InChI=1S/C24H25N3O4S/c1-18-4-6-20(7-5-18)17-27(32(3,29)30)22-12-10-21(11-13-22)24(28)26-25-16-19-8-14-23(31-2)15-9-19/h4-16H,17H2,1-3H3,(H,26,28)/b25-16-. The molecule has 3 rings (SSSR count). The minimum Gasteiger partial charge on any atom is -0.497 e. The van der Waals surface area contributed by atoms with Crippen LogP contribution in [0.3, 0.4) is 0 Å². The summed E-state index contributed by atoms with van der Waals surface area (Å²) in [5.74, 6) is 0.336. The van der Waals surface area contributed by atoms with Gasteiger partial charge in [-0.1, -0.05) is 29.8 Å². The van der Waals surface area contributed by atoms with Gasteiger partial charge in [0.1, 0.15) is 5.75 Å². The fourth-order valence-corrected chi connectivity index (χ4v) is 3.85. The van der Waals surface area contributed by atoms with Crippen molar-refractivity contribution >= 4 is 27.8 Å². The van der Waals surface area contributed by atoms with E-state index >= 15 is 0 Å². The van der Waals surface area contributed by atoms with Crippen molar-refractivity contribution in [2.24, 2.45) is 5.10 Å². The van der Waals surface area contributed by atoms with Crippen LogP contribution in [-0.4, -0.2) is 33.9 Å². The molecule has 0 fully saturated rings. The van der Waals surface area contributed by atoms with Crippen molar-refractivity contribution in [1.29, 1.82) is 0 Å². The predicted molar refractivity (Wildman–Crippen MR) is 127 cm³/mol. The monoisotopic (exact) mass is 451 g/mol. The van der Waals surface area contributed by atoms with Crippen molar-refractivity contribution in [2.45, 2.75) is 13.5 Å². The zero-order valence-electron chi connectivity index (χ0n) is 18.1. The molecule has 0 spiro atoms. The van der Waals surface area contributed by atoms with Gasteiger partial charge in [-0.05, 0) is 66.6 Å². The highest BCUT2D eigenvalue weighted by molar-refractivity contribution is 7.92. The summed E-state index contributed by atoms with van der Waals surface area (Å²) in [5, 5.41) is 3.96. The molecule has 8 heteroatoms. The molecule has 0 unspecified atom stereocenters. The van der Waals surface area contributed by atoms with Crippen molar-refractivity contribution in [3.63, 3.8) is 0 Å². The van der Waals surface area contributed by atoms with E-state index in [1.54, 1.807) is 43.5 Å². The molecule has 1 amide bonds. The van der Waals surface area contributed by atoms with Crippen molar-refractivity contribution in [3.8, 4) is 5.75 Å². The molecule has 0 aliphatic rings. The summed E-state index contributed by atoms with van der Waals surface area (Å²) in [6.07, 6.45) is 2.69. The van der Waals surface area contributed by atoms with Crippen LogP contribution in [0, 0.1) is 6.92 Å². The van der Waals surface area contributed by atoms with Crippen molar-refractivity contribution in [1.82, 2.24) is 5.43 Å². The molecular weight excluding hydrogens is 426 g/mol. The zero-order valence-corrected chi connectivity index (χ0v) is 19.0. The molecule has 0 atom stereocenters. The van der Waals surface area contributed by atoms with Crippen LogP contribution >= 0.6 is 0 Å². The Morgan fingerprint density at radius 3 is 2.19 bits per heavy atom. The predicted octanol–water partition coefficient (Wildman–Crippen LogP) is 3.73. The number of sulfonamides is 1. The van der Waals surface area contributed by atoms with Gasteiger partial charge in [-0.3, -0.25) is 9.10 Å². The van der Waals surface area contributed by atoms with Crippen LogP contribution in [0.5, 0.6) is 5.75 Å². The number of hydrogen-bond donors (Lipinski definition) is 1. The summed E-state index contributed by atoms with van der Waals surface area (Å²) in [6, 6.07) is 21.3. The van der Waals surface area contributed by atoms with Crippen molar-refractivity contribution in [2.75, 3.05) is 17.7 Å². The summed E-state index contributed by atoms with van der Waals surface area (Å²) in [5.41, 5.74) is 6.09. The smallest absolute Gasteiger partial charge is 0.271 e. The van der Waals surface area contributed by atoms with Crippen LogP contribution in [0.2, 0.25) is 0 Å². The lowest BCUT2D eigenvalue weighted by Crippen LogP contribution is -2.29. The first-order valence-electron chi connectivity index (χ1n) is 9.87. The molecule has 0 aromatic heterocycles. The SMILES string of the molecule is COc1ccc(/C=N\NC(=O)c2ccc(N(Cc3ccc(C)cc3)S(C)(=O)=O)cc2)cc1. The topological polar surface area (TPSA) is 88.1 Å². The Bertz CT molecular complexity index is 1190. The van der Waals surface area contributed by atoms with E-state index < -0.39 is 15.9 Å². The van der Waals surface area contributed by atoms with Gasteiger partial charge >= 0.3 is 0 Å². The van der Waals surface area contributed by atoms with Gasteiger partial charge in [0.25, 0.3) is 5.91 Å². The number of rotatable bonds is 8. The Balaban J connectivity index is 1.69. The highest BCUT2D eigenvalue weighted by Gasteiger charge is 2.18. The third-order valence-electron chi connectivity index (χ3n) is 4.76. The van der Waals surface area contributed by atoms with Crippen LogP contribution in [0.15, 0.2) is 77.9 Å². The average Bonchev–Trinajstić information content (AvgIpc) is 2.78. The van der Waals surface area contributed by atoms with Crippen LogP contribution in [0.4, 0.5) is 5.69 Å². The normalized spacial score (nSPS) is 11.3. The fourth-order valence-electron chi connectivity index (χ4n) is 2.96. The van der Waals surface area contributed by atoms with Gasteiger partial charge in [-0.25, -0.2) is 13.8 Å². The number of aryl methyl sites for hydroxylation is 1. The summed E-state index contributed by atoms with van der Waals surface area (Å²) in [4.78, 5) is 12.4. The van der Waals surface area contributed by atoms with Gasteiger partial charge in [0.2, 0.25) is 10.0 Å². The van der Waals surface area contributed by atoms with E-state index in [2.05, 4.69) is 10.5 Å². The zero-order chi connectivity index (χ0) is 23.1. The van der Waals surface area contributed by atoms with Gasteiger partial charge in [0.05, 0.1) is 31.8 Å². The number of amides is 1. The molecule has 0 saturated carbocycles. The lowest BCUT2D eigenvalue weighted by Gasteiger charge is -2.22. The first-order valence-corrected chi connectivity index (χ1v) is 11.7. The Morgan fingerprint density at radius 1 is 1.00 bits per heavy atom. The van der Waals surface area contributed by atoms with E-state index in [-0.39, 0.29) is 6.54 Å². The molecular formula is C24H25N3O4S. The van der Waals surface area contributed by atoms with Crippen LogP contribution in [0.25, 0.3) is 0 Å². The molecule has 7 nitrogen and oxygen atoms in total. The molecule has 1 N–H and O–H groups in total. The largest absolute Gasteiger partial charge is 0.497 e. The van der Waals surface area contributed by atoms with Gasteiger partial charge in [-0.2, -0.15) is 5.10 Å². The number of benzene rings is 3. The summed E-state index contributed by atoms with van der Waals surface area (Å²) in [6.45, 7) is 2.18. The number of anilines is 1. The van der Waals surface area contributed by atoms with Crippen LogP contribution < -0.4 is 14.5 Å². The molecule has 0 saturated heterocycles. The number of ether oxygens (including phenoxy) is 1. The molecule has 0 aliphatic carbocycles. The first-order chi connectivity index (χ1) is 15.3. The van der Waals surface area contributed by atoms with E-state index in [1.807, 2.05) is 43.3 Å². The Hall–Kier alpha value is -3.65. The second-order valence-corrected chi connectivity index (χ2v) is 9.18. The highest BCUT2D eigenvalue weighted by atomic mass is 32.2. The van der Waals surface area contributed by atoms with E-state index in [4.69, 9.17) is 4.74 Å². The second kappa shape index (κ2) is 10.1. The Kier molecular flexibility index (Phi) is 7.27. The fraction of sp³-hybridized carbons (Fsp3) is 0.167. The third kappa shape index (κ3) is 6.18. The van der Waals surface area contributed by atoms with Gasteiger partial charge in [0, 0.05) is 5.56 Å². The van der Waals surface area contributed by atoms with Gasteiger partial charge in [0.15, 0.2) is 0 Å². The quantitative estimate of drug-likeness (QED) is 0.418. The highest BCUT2D eigenvalue weighted by Crippen LogP contribution is 2.21. The van der Waals surface area contributed by atoms with Crippen LogP contribution in [-0.2, 0) is 16.6 Å². The molecule has 0 aliphatic heterocycles. The van der Waals surface area contributed by atoms with E-state index in [1.165, 1.54) is 10.5 Å². The molecule has 0 heterocycles. The van der Waals surface area contributed by atoms with Gasteiger partial charge < -0.3 is 4.74 Å². The number of hydrazone groups is 1. The first kappa shape index (κ1) is 23.0. The van der Waals surface area contributed by atoms with E-state index in [0.29, 0.717) is 11.3 Å². The van der Waals surface area contributed by atoms with Crippen molar-refractivity contribution in [3.05, 3.63) is 95.1 Å². The average molecular weight is 452 g/mol. The Morgan fingerprint density at radius 2 is 1.62 bits per heavy atom. The number of carbonyl (C=O) groups is 1. The minimum absolute atomic E-state index is 0.205. The maximum atomic E-state index is 12.4. The maximum absolute atomic E-state index is 12.4. The Labute approximate surface area is 188 Å². The van der Waals surface area contributed by atoms with Crippen molar-refractivity contribution < 1.29 is 17.9 Å². The molecule has 32 heavy (non-hydrogen) atoms. The molecule has 166 valence electrons. The molecule has 3 aromatic carbocycles. The lowest BCUT2D eigenvalue weighted by molar-refractivity contribution is 0.0955. The third-order valence-corrected chi connectivity index (χ3v) is 5.90. The van der Waals surface area contributed by atoms with Crippen LogP contribution in [0.1, 0.15) is 27.0 Å². The second-order valence-electron chi connectivity index (χ2n) is 7.27. The molecule has 3 aromatic rings. The molecule has 0 bridgehead atoms. The van der Waals surface area contributed by atoms with E-state index in [9.17, 15) is 13.2 Å². The van der Waals surface area contributed by atoms with E-state index in [0.717, 1.165) is 28.7 Å². The summed E-state index contributed by atoms with van der Waals surface area (Å²) >= 11 is 0. The summed E-state index contributed by atoms with van der Waals surface area (Å²) < 4.78 is 31.1. The molecule has 0 radical (unpaired) electrons. The van der Waals surface area contributed by atoms with Gasteiger partial charge in [-0.15, -0.1) is 0 Å². The number of nitrogens with one attached hydrogen (secondary N) is 1. The number of hydrogen-bond acceptors (Lipinski definition) is 5. The number of methoxy groups -OCH3 is 1. The lowest BCUT2D eigenvalue weighted by atomic mass is 10.1. The summed E-state index contributed by atoms with van der Waals surface area (Å²) in [7, 11) is -1.92.